The van der Waals surface area contributed by atoms with Crippen molar-refractivity contribution >= 4 is 11.9 Å². The van der Waals surface area contributed by atoms with Crippen molar-refractivity contribution in [3.63, 3.8) is 0 Å². The first-order chi connectivity index (χ1) is 24.2. The highest BCUT2D eigenvalue weighted by molar-refractivity contribution is 5.51. The number of aromatic nitrogens is 8. The summed E-state index contributed by atoms with van der Waals surface area (Å²) in [5.41, 5.74) is 1.45. The minimum absolute atomic E-state index is 0.0365. The maximum atomic E-state index is 12.5. The van der Waals surface area contributed by atoms with Crippen LogP contribution < -0.4 is 15.4 Å². The molecule has 2 N–H and O–H groups in total. The molecule has 1 aromatic carbocycles. The molecule has 0 amide bonds. The number of rotatable bonds is 11. The van der Waals surface area contributed by atoms with Crippen molar-refractivity contribution in [2.75, 3.05) is 17.7 Å². The highest BCUT2D eigenvalue weighted by atomic mass is 19.3. The fourth-order valence-corrected chi connectivity index (χ4v) is 5.24. The molecule has 1 aliphatic carbocycles. The number of benzene rings is 1. The van der Waals surface area contributed by atoms with E-state index in [1.54, 1.807) is 13.4 Å². The van der Waals surface area contributed by atoms with Crippen LogP contribution in [0.3, 0.4) is 0 Å². The Labute approximate surface area is 281 Å². The third-order valence-corrected chi connectivity index (χ3v) is 7.81. The van der Waals surface area contributed by atoms with Gasteiger partial charge in [0, 0.05) is 24.8 Å². The van der Waals surface area contributed by atoms with Crippen molar-refractivity contribution in [1.29, 1.82) is 0 Å². The molecular formula is C32H30F4N10O4. The van der Waals surface area contributed by atoms with E-state index >= 15 is 0 Å². The van der Waals surface area contributed by atoms with Crippen molar-refractivity contribution in [3.8, 4) is 28.7 Å². The minimum atomic E-state index is -2.81. The molecule has 0 radical (unpaired) electrons. The largest absolute Gasteiger partial charge is 0.497 e. The number of nitrogens with one attached hydrogen (secondary N) is 2. The average molecular weight is 695 g/mol. The normalized spacial score (nSPS) is 14.3. The van der Waals surface area contributed by atoms with Crippen LogP contribution >= 0.6 is 0 Å². The summed E-state index contributed by atoms with van der Waals surface area (Å²) in [5.74, 6) is 0.908. The summed E-state index contributed by atoms with van der Waals surface area (Å²) in [6, 6.07) is 11.4. The summed E-state index contributed by atoms with van der Waals surface area (Å²) in [6.07, 6.45) is 5.83. The molecule has 260 valence electrons. The molecule has 0 aliphatic heterocycles. The van der Waals surface area contributed by atoms with E-state index < -0.39 is 24.6 Å². The van der Waals surface area contributed by atoms with Crippen molar-refractivity contribution in [1.82, 2.24) is 40.3 Å². The van der Waals surface area contributed by atoms with Crippen LogP contribution in [-0.4, -0.2) is 47.4 Å². The van der Waals surface area contributed by atoms with Crippen LogP contribution in [0.2, 0.25) is 0 Å². The van der Waals surface area contributed by atoms with Crippen LogP contribution in [0, 0.1) is 0 Å². The van der Waals surface area contributed by atoms with Crippen molar-refractivity contribution in [2.24, 2.45) is 0 Å². The molecule has 1 fully saturated rings. The van der Waals surface area contributed by atoms with Gasteiger partial charge in [-0.05, 0) is 49.6 Å². The van der Waals surface area contributed by atoms with Crippen LogP contribution in [0.15, 0.2) is 80.7 Å². The Hall–Kier alpha value is -5.94. The third kappa shape index (κ3) is 7.85. The Bertz CT molecular complexity index is 1930. The summed E-state index contributed by atoms with van der Waals surface area (Å²) in [4.78, 5) is 16.8. The lowest BCUT2D eigenvalue weighted by molar-refractivity contribution is 0.115. The second-order valence-electron chi connectivity index (χ2n) is 11.1. The first kappa shape index (κ1) is 33.9. The summed E-state index contributed by atoms with van der Waals surface area (Å²) in [5, 5.41) is 20.2. The second kappa shape index (κ2) is 15.1. The minimum Gasteiger partial charge on any atom is -0.497 e. The van der Waals surface area contributed by atoms with E-state index in [0.29, 0.717) is 23.0 Å². The molecule has 5 aromatic heterocycles. The number of ether oxygens (including phenoxy) is 1. The van der Waals surface area contributed by atoms with Crippen molar-refractivity contribution < 1.29 is 35.5 Å². The number of furan rings is 1. The van der Waals surface area contributed by atoms with Crippen LogP contribution in [0.4, 0.5) is 29.5 Å². The molecule has 1 atom stereocenters. The Morgan fingerprint density at radius 2 is 1.28 bits per heavy atom. The number of hydrogen-bond donors (Lipinski definition) is 2. The highest BCUT2D eigenvalue weighted by Gasteiger charge is 2.38. The Kier molecular flexibility index (Phi) is 10.2. The molecule has 50 heavy (non-hydrogen) atoms. The molecule has 1 aliphatic rings. The van der Waals surface area contributed by atoms with Gasteiger partial charge in [0.25, 0.3) is 23.6 Å². The number of methoxy groups -OCH3 is 1. The molecule has 1 saturated carbocycles. The number of halogens is 4. The molecule has 0 spiro atoms. The predicted octanol–water partition coefficient (Wildman–Crippen LogP) is 7.58. The fraction of sp³-hybridized carbons (Fsp3) is 0.312. The Balaban J connectivity index is 0.000000173. The Morgan fingerprint density at radius 1 is 0.740 bits per heavy atom. The van der Waals surface area contributed by atoms with Gasteiger partial charge in [-0.3, -0.25) is 0 Å². The maximum Gasteiger partial charge on any atom is 0.314 e. The number of anilines is 2. The molecule has 0 bridgehead atoms. The van der Waals surface area contributed by atoms with Gasteiger partial charge in [0.1, 0.15) is 11.5 Å². The topological polar surface area (TPSA) is 176 Å². The van der Waals surface area contributed by atoms with E-state index in [1.165, 1.54) is 24.8 Å². The van der Waals surface area contributed by atoms with Crippen molar-refractivity contribution in [2.45, 2.75) is 57.0 Å². The van der Waals surface area contributed by atoms with Gasteiger partial charge in [0.05, 0.1) is 36.1 Å². The average Bonchev–Trinajstić information content (AvgIpc) is 3.97. The van der Waals surface area contributed by atoms with E-state index in [2.05, 4.69) is 51.0 Å². The van der Waals surface area contributed by atoms with Crippen LogP contribution in [0.5, 0.6) is 5.75 Å². The summed E-state index contributed by atoms with van der Waals surface area (Å²) >= 11 is 0. The first-order valence-electron chi connectivity index (χ1n) is 15.3. The molecule has 0 saturated heterocycles. The standard InChI is InChI=1S/2C16H15F2N5O2/c17-12(18)14-23-22-13(25-14)10-8-19-15(20-9-10)21-16(5-1-2-6-16)11-4-3-7-24-11;1-9(10-3-5-12(24-2)6-4-10)21-16-19-7-11(8-20-16)14-22-23-15(25-14)13(17)18/h3-4,7-9,12H,1-2,5-6H2,(H,19,20,21);3-9,13H,1-2H3,(H,19,20,21). The highest BCUT2D eigenvalue weighted by Crippen LogP contribution is 2.41. The lowest BCUT2D eigenvalue weighted by Gasteiger charge is -2.28. The van der Waals surface area contributed by atoms with E-state index in [-0.39, 0.29) is 23.4 Å². The maximum absolute atomic E-state index is 12.5. The van der Waals surface area contributed by atoms with E-state index in [9.17, 15) is 17.6 Å². The van der Waals surface area contributed by atoms with Gasteiger partial charge in [0.2, 0.25) is 11.9 Å². The fourth-order valence-electron chi connectivity index (χ4n) is 5.24. The Morgan fingerprint density at radius 3 is 1.74 bits per heavy atom. The van der Waals surface area contributed by atoms with Crippen molar-refractivity contribution in [3.05, 3.63) is 90.6 Å². The zero-order valence-electron chi connectivity index (χ0n) is 26.6. The molecule has 14 nitrogen and oxygen atoms in total. The van der Waals surface area contributed by atoms with Gasteiger partial charge in [-0.1, -0.05) is 25.0 Å². The zero-order chi connectivity index (χ0) is 35.1. The van der Waals surface area contributed by atoms with Crippen LogP contribution in [0.1, 0.15) is 74.6 Å². The SMILES string of the molecule is COc1ccc(C(C)Nc2ncc(-c3nnc(C(F)F)o3)cn2)cc1.FC(F)c1nnc(-c2cnc(NC3(c4ccco4)CCCC3)nc2)o1. The van der Waals surface area contributed by atoms with E-state index in [4.69, 9.17) is 18.0 Å². The van der Waals surface area contributed by atoms with Gasteiger partial charge >= 0.3 is 12.9 Å². The monoisotopic (exact) mass is 694 g/mol. The summed E-state index contributed by atoms with van der Waals surface area (Å²) in [7, 11) is 1.61. The molecule has 5 heterocycles. The molecule has 18 heteroatoms. The molecule has 1 unspecified atom stereocenters. The molecule has 7 rings (SSSR count). The zero-order valence-corrected chi connectivity index (χ0v) is 26.6. The van der Waals surface area contributed by atoms with E-state index in [0.717, 1.165) is 42.8 Å². The third-order valence-electron chi connectivity index (χ3n) is 7.81. The van der Waals surface area contributed by atoms with Gasteiger partial charge in [0.15, 0.2) is 0 Å². The first-order valence-corrected chi connectivity index (χ1v) is 15.3. The number of hydrogen-bond acceptors (Lipinski definition) is 14. The van der Waals surface area contributed by atoms with Gasteiger partial charge in [-0.15, -0.1) is 20.4 Å². The smallest absolute Gasteiger partial charge is 0.314 e. The summed E-state index contributed by atoms with van der Waals surface area (Å²) < 4.78 is 70.4. The van der Waals surface area contributed by atoms with Gasteiger partial charge in [-0.2, -0.15) is 17.6 Å². The lowest BCUT2D eigenvalue weighted by atomic mass is 9.94. The van der Waals surface area contributed by atoms with Crippen LogP contribution in [0.25, 0.3) is 22.9 Å². The second-order valence-corrected chi connectivity index (χ2v) is 11.1. The number of alkyl halides is 4. The van der Waals surface area contributed by atoms with E-state index in [1.807, 2.05) is 43.3 Å². The van der Waals surface area contributed by atoms with Gasteiger partial charge < -0.3 is 28.6 Å². The quantitative estimate of drug-likeness (QED) is 0.127. The number of nitrogens with zero attached hydrogens (tertiary/aromatic N) is 8. The predicted molar refractivity (Wildman–Crippen MR) is 168 cm³/mol. The van der Waals surface area contributed by atoms with Crippen LogP contribution in [-0.2, 0) is 5.54 Å². The molecule has 6 aromatic rings. The molecular weight excluding hydrogens is 664 g/mol. The van der Waals surface area contributed by atoms with Gasteiger partial charge in [-0.25, -0.2) is 19.9 Å². The summed E-state index contributed by atoms with van der Waals surface area (Å²) in [6.45, 7) is 1.96. The lowest BCUT2D eigenvalue weighted by Crippen LogP contribution is -2.32.